The molecule has 0 saturated carbocycles. The van der Waals surface area contributed by atoms with Gasteiger partial charge in [0.15, 0.2) is 0 Å². The smallest absolute Gasteiger partial charge is 0.274 e. The van der Waals surface area contributed by atoms with Crippen LogP contribution in [-0.4, -0.2) is 33.7 Å². The number of nitrogens with one attached hydrogen (secondary N) is 2. The van der Waals surface area contributed by atoms with Gasteiger partial charge in [-0.05, 0) is 38.4 Å². The lowest BCUT2D eigenvalue weighted by Gasteiger charge is -2.19. The zero-order valence-corrected chi connectivity index (χ0v) is 12.7. The van der Waals surface area contributed by atoms with Gasteiger partial charge in [0.05, 0.1) is 12.6 Å². The maximum absolute atomic E-state index is 12.2. The van der Waals surface area contributed by atoms with Crippen molar-refractivity contribution in [3.63, 3.8) is 0 Å². The highest BCUT2D eigenvalue weighted by atomic mass is 32.2. The molecule has 0 spiro atoms. The zero-order chi connectivity index (χ0) is 14.6. The molecular weight excluding hydrogens is 280 g/mol. The fourth-order valence-corrected chi connectivity index (χ4v) is 3.44. The fourth-order valence-electron chi connectivity index (χ4n) is 2.22. The second-order valence-electron chi connectivity index (χ2n) is 4.96. The quantitative estimate of drug-likeness (QED) is 0.792. The molecule has 0 bridgehead atoms. The van der Waals surface area contributed by atoms with E-state index in [1.807, 2.05) is 13.8 Å². The maximum Gasteiger partial charge on any atom is 0.274 e. The van der Waals surface area contributed by atoms with E-state index >= 15 is 0 Å². The summed E-state index contributed by atoms with van der Waals surface area (Å²) in [6.07, 6.45) is 1.80. The average molecular weight is 302 g/mol. The lowest BCUT2D eigenvalue weighted by molar-refractivity contribution is 0.0901. The van der Waals surface area contributed by atoms with E-state index in [9.17, 15) is 8.42 Å². The van der Waals surface area contributed by atoms with E-state index in [0.29, 0.717) is 18.9 Å². The van der Waals surface area contributed by atoms with Crippen LogP contribution in [0.5, 0.6) is 0 Å². The summed E-state index contributed by atoms with van der Waals surface area (Å²) in [6, 6.07) is 2.90. The van der Waals surface area contributed by atoms with Crippen LogP contribution in [0.15, 0.2) is 21.6 Å². The van der Waals surface area contributed by atoms with Crippen molar-refractivity contribution in [2.75, 3.05) is 13.2 Å². The number of rotatable bonds is 7. The SMILES string of the molecule is CCNCc1ccc(S(=O)(=O)NC(C)C2CCCO2)o1. The molecule has 0 aliphatic carbocycles. The van der Waals surface area contributed by atoms with Crippen LogP contribution in [-0.2, 0) is 21.3 Å². The first-order valence-corrected chi connectivity index (χ1v) is 8.44. The first kappa shape index (κ1) is 15.5. The second kappa shape index (κ2) is 6.71. The van der Waals surface area contributed by atoms with Crippen LogP contribution >= 0.6 is 0 Å². The molecule has 114 valence electrons. The summed E-state index contributed by atoms with van der Waals surface area (Å²) in [5.41, 5.74) is 0. The summed E-state index contributed by atoms with van der Waals surface area (Å²) in [5.74, 6) is 0.608. The minimum atomic E-state index is -3.63. The van der Waals surface area contributed by atoms with Gasteiger partial charge in [-0.2, -0.15) is 0 Å². The van der Waals surface area contributed by atoms with Crippen LogP contribution in [0.3, 0.4) is 0 Å². The summed E-state index contributed by atoms with van der Waals surface area (Å²) in [6.45, 7) is 5.82. The number of ether oxygens (including phenoxy) is 1. The van der Waals surface area contributed by atoms with E-state index in [0.717, 1.165) is 19.4 Å². The van der Waals surface area contributed by atoms with Gasteiger partial charge in [-0.15, -0.1) is 0 Å². The molecule has 2 unspecified atom stereocenters. The highest BCUT2D eigenvalue weighted by Crippen LogP contribution is 2.19. The number of sulfonamides is 1. The zero-order valence-electron chi connectivity index (χ0n) is 11.9. The molecular formula is C13H22N2O4S. The highest BCUT2D eigenvalue weighted by Gasteiger charge is 2.28. The molecule has 2 N–H and O–H groups in total. The van der Waals surface area contributed by atoms with Crippen LogP contribution in [0, 0.1) is 0 Å². The van der Waals surface area contributed by atoms with Gasteiger partial charge in [0.25, 0.3) is 10.0 Å². The van der Waals surface area contributed by atoms with E-state index in [2.05, 4.69) is 10.0 Å². The molecule has 1 aromatic heterocycles. The summed E-state index contributed by atoms with van der Waals surface area (Å²) < 4.78 is 37.9. The van der Waals surface area contributed by atoms with Crippen LogP contribution in [0.4, 0.5) is 0 Å². The van der Waals surface area contributed by atoms with E-state index in [4.69, 9.17) is 9.15 Å². The third-order valence-corrected chi connectivity index (χ3v) is 4.75. The standard InChI is InChI=1S/C13H22N2O4S/c1-3-14-9-11-6-7-13(19-11)20(16,17)15-10(2)12-5-4-8-18-12/h6-7,10,12,14-15H,3-5,8-9H2,1-2H3. The van der Waals surface area contributed by atoms with Crippen molar-refractivity contribution in [1.82, 2.24) is 10.0 Å². The molecule has 0 aromatic carbocycles. The van der Waals surface area contributed by atoms with Crippen LogP contribution < -0.4 is 10.0 Å². The van der Waals surface area contributed by atoms with E-state index in [1.54, 1.807) is 6.07 Å². The summed E-state index contributed by atoms with van der Waals surface area (Å²) in [4.78, 5) is 0. The molecule has 1 saturated heterocycles. The van der Waals surface area contributed by atoms with E-state index in [-0.39, 0.29) is 17.2 Å². The molecule has 7 heteroatoms. The van der Waals surface area contributed by atoms with Crippen molar-refractivity contribution in [2.24, 2.45) is 0 Å². The largest absolute Gasteiger partial charge is 0.447 e. The van der Waals surface area contributed by atoms with Gasteiger partial charge < -0.3 is 14.5 Å². The number of hydrogen-bond donors (Lipinski definition) is 2. The van der Waals surface area contributed by atoms with Gasteiger partial charge in [0, 0.05) is 12.6 Å². The van der Waals surface area contributed by atoms with Gasteiger partial charge in [-0.3, -0.25) is 0 Å². The third kappa shape index (κ3) is 3.82. The molecule has 0 amide bonds. The van der Waals surface area contributed by atoms with Crippen LogP contribution in [0.2, 0.25) is 0 Å². The molecule has 2 atom stereocenters. The van der Waals surface area contributed by atoms with Gasteiger partial charge >= 0.3 is 0 Å². The normalized spacial score (nSPS) is 21.2. The monoisotopic (exact) mass is 302 g/mol. The lowest BCUT2D eigenvalue weighted by Crippen LogP contribution is -2.40. The predicted molar refractivity (Wildman–Crippen MR) is 74.8 cm³/mol. The Labute approximate surface area is 119 Å². The molecule has 0 radical (unpaired) electrons. The summed E-state index contributed by atoms with van der Waals surface area (Å²) >= 11 is 0. The van der Waals surface area contributed by atoms with Crippen molar-refractivity contribution in [1.29, 1.82) is 0 Å². The topological polar surface area (TPSA) is 80.6 Å². The second-order valence-corrected chi connectivity index (χ2v) is 6.61. The van der Waals surface area contributed by atoms with Crippen LogP contribution in [0.25, 0.3) is 0 Å². The highest BCUT2D eigenvalue weighted by molar-refractivity contribution is 7.89. The molecule has 1 aliphatic heterocycles. The Morgan fingerprint density at radius 2 is 2.25 bits per heavy atom. The molecule has 1 aliphatic rings. The molecule has 6 nitrogen and oxygen atoms in total. The Morgan fingerprint density at radius 1 is 1.45 bits per heavy atom. The number of furan rings is 1. The lowest BCUT2D eigenvalue weighted by atomic mass is 10.1. The maximum atomic E-state index is 12.2. The van der Waals surface area contributed by atoms with Crippen molar-refractivity contribution in [3.05, 3.63) is 17.9 Å². The molecule has 1 aromatic rings. The Hall–Kier alpha value is -0.890. The van der Waals surface area contributed by atoms with Crippen molar-refractivity contribution < 1.29 is 17.6 Å². The van der Waals surface area contributed by atoms with E-state index in [1.165, 1.54) is 6.07 Å². The first-order valence-electron chi connectivity index (χ1n) is 6.96. The fraction of sp³-hybridized carbons (Fsp3) is 0.692. The number of hydrogen-bond acceptors (Lipinski definition) is 5. The van der Waals surface area contributed by atoms with Gasteiger partial charge in [0.1, 0.15) is 5.76 Å². The third-order valence-electron chi connectivity index (χ3n) is 3.31. The van der Waals surface area contributed by atoms with Gasteiger partial charge in [-0.25, -0.2) is 13.1 Å². The van der Waals surface area contributed by atoms with Crippen molar-refractivity contribution in [2.45, 2.75) is 50.5 Å². The summed E-state index contributed by atoms with van der Waals surface area (Å²) in [7, 11) is -3.63. The van der Waals surface area contributed by atoms with Crippen molar-refractivity contribution in [3.8, 4) is 0 Å². The van der Waals surface area contributed by atoms with Crippen molar-refractivity contribution >= 4 is 10.0 Å². The minimum absolute atomic E-state index is 0.0461. The Balaban J connectivity index is 2.00. The molecule has 20 heavy (non-hydrogen) atoms. The molecule has 2 rings (SSSR count). The predicted octanol–water partition coefficient (Wildman–Crippen LogP) is 1.23. The van der Waals surface area contributed by atoms with Crippen LogP contribution in [0.1, 0.15) is 32.4 Å². The Morgan fingerprint density at radius 3 is 2.90 bits per heavy atom. The summed E-state index contributed by atoms with van der Waals surface area (Å²) in [5, 5.41) is 3.04. The minimum Gasteiger partial charge on any atom is -0.447 e. The first-order chi connectivity index (χ1) is 9.53. The average Bonchev–Trinajstić information content (AvgIpc) is 3.07. The van der Waals surface area contributed by atoms with Gasteiger partial charge in [0.2, 0.25) is 5.09 Å². The Bertz CT molecular complexity index is 520. The molecule has 2 heterocycles. The van der Waals surface area contributed by atoms with E-state index < -0.39 is 10.0 Å². The molecule has 1 fully saturated rings. The van der Waals surface area contributed by atoms with Gasteiger partial charge in [-0.1, -0.05) is 6.92 Å². The Kier molecular flexibility index (Phi) is 5.20.